The maximum atomic E-state index is 5.35. The molecule has 1 rings (SSSR count). The molecule has 0 aromatic heterocycles. The molecule has 1 aromatic rings. The summed E-state index contributed by atoms with van der Waals surface area (Å²) in [5, 5.41) is 0. The van der Waals surface area contributed by atoms with E-state index in [0.717, 1.165) is 5.56 Å². The van der Waals surface area contributed by atoms with Crippen LogP contribution in [-0.4, -0.2) is 4.99 Å². The van der Waals surface area contributed by atoms with Crippen LogP contribution >= 0.6 is 12.2 Å². The molecule has 0 aliphatic heterocycles. The van der Waals surface area contributed by atoms with E-state index in [9.17, 15) is 0 Å². The summed E-state index contributed by atoms with van der Waals surface area (Å²) in [7, 11) is 0. The molecule has 11 heavy (non-hydrogen) atoms. The van der Waals surface area contributed by atoms with E-state index in [1.54, 1.807) is 0 Å². The maximum absolute atomic E-state index is 5.35. The fraction of sp³-hybridized carbons (Fsp3) is 0. The first-order valence-corrected chi connectivity index (χ1v) is 3.06. The summed E-state index contributed by atoms with van der Waals surface area (Å²) < 4.78 is 0. The first-order chi connectivity index (χ1) is 4.30. The van der Waals surface area contributed by atoms with Crippen LogP contribution < -0.4 is 18.0 Å². The van der Waals surface area contributed by atoms with Gasteiger partial charge in [0, 0.05) is 5.56 Å². The van der Waals surface area contributed by atoms with Gasteiger partial charge < -0.3 is 18.0 Å². The minimum atomic E-state index is 0. The third kappa shape index (κ3) is 3.67. The zero-order valence-corrected chi connectivity index (χ0v) is 7.10. The molecule has 0 amide bonds. The highest BCUT2D eigenvalue weighted by Gasteiger charge is 1.89. The first kappa shape index (κ1) is 12.7. The molecule has 0 atom stereocenters. The van der Waals surface area contributed by atoms with Crippen LogP contribution in [0.1, 0.15) is 5.56 Å². The van der Waals surface area contributed by atoms with E-state index in [-0.39, 0.29) is 12.3 Å². The standard InChI is InChI=1S/C7H7NS.2H3N/c8-7(9)6-4-2-1-3-5-6;;/h1-5H,(H2,8,9);2*1H3. The average Bonchev–Trinajstić information content (AvgIpc) is 1.90. The Hall–Kier alpha value is -0.970. The quantitative estimate of drug-likeness (QED) is 0.560. The monoisotopic (exact) mass is 171 g/mol. The average molecular weight is 171 g/mol. The number of benzene rings is 1. The Morgan fingerprint density at radius 3 is 1.82 bits per heavy atom. The Balaban J connectivity index is 0. The molecule has 0 radical (unpaired) electrons. The van der Waals surface area contributed by atoms with Crippen LogP contribution in [0.4, 0.5) is 0 Å². The van der Waals surface area contributed by atoms with Gasteiger partial charge >= 0.3 is 0 Å². The smallest absolute Gasteiger partial charge is 0.103 e. The van der Waals surface area contributed by atoms with Gasteiger partial charge in [0.2, 0.25) is 0 Å². The van der Waals surface area contributed by atoms with E-state index in [4.69, 9.17) is 18.0 Å². The lowest BCUT2D eigenvalue weighted by Crippen LogP contribution is -2.08. The van der Waals surface area contributed by atoms with Gasteiger partial charge in [-0.05, 0) is 0 Å². The van der Waals surface area contributed by atoms with E-state index < -0.39 is 0 Å². The Bertz CT molecular complexity index is 210. The Labute approximate surface area is 71.8 Å². The molecule has 4 heteroatoms. The summed E-state index contributed by atoms with van der Waals surface area (Å²) >= 11 is 4.74. The van der Waals surface area contributed by atoms with Gasteiger partial charge in [0.25, 0.3) is 0 Å². The predicted octanol–water partition coefficient (Wildman–Crippen LogP) is 1.64. The minimum absolute atomic E-state index is 0. The molecule has 0 aliphatic rings. The second-order valence-electron chi connectivity index (χ2n) is 1.73. The highest BCUT2D eigenvalue weighted by Crippen LogP contribution is 1.96. The van der Waals surface area contributed by atoms with Gasteiger partial charge in [-0.15, -0.1) is 0 Å². The minimum Gasteiger partial charge on any atom is -0.389 e. The Morgan fingerprint density at radius 1 is 1.09 bits per heavy atom. The molecule has 0 aliphatic carbocycles. The van der Waals surface area contributed by atoms with Crippen molar-refractivity contribution >= 4 is 17.2 Å². The summed E-state index contributed by atoms with van der Waals surface area (Å²) in [5.74, 6) is 0. The van der Waals surface area contributed by atoms with Gasteiger partial charge in [0.05, 0.1) is 0 Å². The fourth-order valence-corrected chi connectivity index (χ4v) is 0.739. The van der Waals surface area contributed by atoms with E-state index in [1.165, 1.54) is 0 Å². The van der Waals surface area contributed by atoms with Crippen LogP contribution in [0.3, 0.4) is 0 Å². The molecule has 0 spiro atoms. The van der Waals surface area contributed by atoms with Gasteiger partial charge in [-0.1, -0.05) is 42.5 Å². The molecule has 62 valence electrons. The molecule has 0 fully saturated rings. The normalized spacial score (nSPS) is 7.27. The number of hydrogen-bond donors (Lipinski definition) is 3. The van der Waals surface area contributed by atoms with Crippen molar-refractivity contribution in [2.24, 2.45) is 5.73 Å². The fourth-order valence-electron chi connectivity index (χ4n) is 0.602. The first-order valence-electron chi connectivity index (χ1n) is 2.65. The highest BCUT2D eigenvalue weighted by molar-refractivity contribution is 7.80. The van der Waals surface area contributed by atoms with Crippen molar-refractivity contribution in [1.29, 1.82) is 0 Å². The molecule has 0 bridgehead atoms. The molecule has 8 N–H and O–H groups in total. The summed E-state index contributed by atoms with van der Waals surface area (Å²) in [6.07, 6.45) is 0. The van der Waals surface area contributed by atoms with E-state index in [1.807, 2.05) is 30.3 Å². The predicted molar refractivity (Wildman–Crippen MR) is 52.4 cm³/mol. The molecule has 0 saturated carbocycles. The van der Waals surface area contributed by atoms with Crippen molar-refractivity contribution in [3.05, 3.63) is 35.9 Å². The third-order valence-corrected chi connectivity index (χ3v) is 1.29. The van der Waals surface area contributed by atoms with Crippen molar-refractivity contribution in [2.45, 2.75) is 0 Å². The van der Waals surface area contributed by atoms with E-state index >= 15 is 0 Å². The highest BCUT2D eigenvalue weighted by atomic mass is 32.1. The zero-order valence-electron chi connectivity index (χ0n) is 6.29. The van der Waals surface area contributed by atoms with Crippen LogP contribution in [-0.2, 0) is 0 Å². The number of thiocarbonyl (C=S) groups is 1. The molecule has 0 saturated heterocycles. The van der Waals surface area contributed by atoms with Crippen molar-refractivity contribution in [2.75, 3.05) is 0 Å². The Kier molecular flexibility index (Phi) is 6.67. The lowest BCUT2D eigenvalue weighted by molar-refractivity contribution is 1.63. The molecular weight excluding hydrogens is 158 g/mol. The number of rotatable bonds is 1. The van der Waals surface area contributed by atoms with Crippen molar-refractivity contribution in [1.82, 2.24) is 12.3 Å². The van der Waals surface area contributed by atoms with Gasteiger partial charge in [-0.3, -0.25) is 0 Å². The van der Waals surface area contributed by atoms with Gasteiger partial charge in [-0.25, -0.2) is 0 Å². The van der Waals surface area contributed by atoms with Crippen molar-refractivity contribution < 1.29 is 0 Å². The lowest BCUT2D eigenvalue weighted by Gasteiger charge is -1.92. The van der Waals surface area contributed by atoms with Crippen LogP contribution in [0.2, 0.25) is 0 Å². The van der Waals surface area contributed by atoms with Gasteiger partial charge in [0.1, 0.15) is 4.99 Å². The topological polar surface area (TPSA) is 96.0 Å². The lowest BCUT2D eigenvalue weighted by atomic mass is 10.2. The zero-order chi connectivity index (χ0) is 6.69. The number of hydrogen-bond acceptors (Lipinski definition) is 3. The summed E-state index contributed by atoms with van der Waals surface area (Å²) in [5.41, 5.74) is 6.27. The third-order valence-electron chi connectivity index (χ3n) is 1.06. The molecule has 1 aromatic carbocycles. The molecule has 3 nitrogen and oxygen atoms in total. The SMILES string of the molecule is N.N.NC(=S)c1ccccc1. The Morgan fingerprint density at radius 2 is 1.55 bits per heavy atom. The summed E-state index contributed by atoms with van der Waals surface area (Å²) in [6, 6.07) is 9.54. The van der Waals surface area contributed by atoms with Crippen molar-refractivity contribution in [3.63, 3.8) is 0 Å². The second-order valence-corrected chi connectivity index (χ2v) is 2.17. The largest absolute Gasteiger partial charge is 0.389 e. The maximum Gasteiger partial charge on any atom is 0.103 e. The van der Waals surface area contributed by atoms with Gasteiger partial charge in [0.15, 0.2) is 0 Å². The second kappa shape index (κ2) is 5.79. The van der Waals surface area contributed by atoms with Gasteiger partial charge in [-0.2, -0.15) is 0 Å². The van der Waals surface area contributed by atoms with E-state index in [2.05, 4.69) is 0 Å². The summed E-state index contributed by atoms with van der Waals surface area (Å²) in [4.78, 5) is 0.454. The van der Waals surface area contributed by atoms with Crippen molar-refractivity contribution in [3.8, 4) is 0 Å². The van der Waals surface area contributed by atoms with E-state index in [0.29, 0.717) is 4.99 Å². The molecule has 0 unspecified atom stereocenters. The van der Waals surface area contributed by atoms with Crippen LogP contribution in [0.5, 0.6) is 0 Å². The molecular formula is C7H13N3S. The van der Waals surface area contributed by atoms with Crippen LogP contribution in [0, 0.1) is 0 Å². The number of nitrogens with two attached hydrogens (primary N) is 1. The van der Waals surface area contributed by atoms with Crippen LogP contribution in [0.15, 0.2) is 30.3 Å². The molecule has 0 heterocycles. The van der Waals surface area contributed by atoms with Crippen LogP contribution in [0.25, 0.3) is 0 Å². The summed E-state index contributed by atoms with van der Waals surface area (Å²) in [6.45, 7) is 0.